The Morgan fingerprint density at radius 1 is 1.18 bits per heavy atom. The topological polar surface area (TPSA) is 70.2 Å². The number of carbonyl (C=O) groups is 2. The van der Waals surface area contributed by atoms with E-state index in [0.29, 0.717) is 16.6 Å². The first kappa shape index (κ1) is 18.6. The third kappa shape index (κ3) is 6.54. The molecule has 1 aromatic rings. The van der Waals surface area contributed by atoms with E-state index in [9.17, 15) is 9.59 Å². The molecule has 0 heterocycles. The van der Waals surface area contributed by atoms with Gasteiger partial charge < -0.3 is 16.0 Å². The first-order chi connectivity index (χ1) is 10.4. The highest BCUT2D eigenvalue weighted by molar-refractivity contribution is 6.35. The van der Waals surface area contributed by atoms with E-state index in [0.717, 1.165) is 12.0 Å². The van der Waals surface area contributed by atoms with Crippen LogP contribution < -0.4 is 16.0 Å². The van der Waals surface area contributed by atoms with Crippen molar-refractivity contribution in [3.8, 4) is 0 Å². The van der Waals surface area contributed by atoms with Gasteiger partial charge in [0.1, 0.15) is 0 Å². The van der Waals surface area contributed by atoms with E-state index in [4.69, 9.17) is 23.2 Å². The van der Waals surface area contributed by atoms with Gasteiger partial charge in [0, 0.05) is 29.6 Å². The zero-order valence-electron chi connectivity index (χ0n) is 12.7. The van der Waals surface area contributed by atoms with E-state index in [1.165, 1.54) is 0 Å². The molecular formula is C15H21Cl2N3O2. The zero-order chi connectivity index (χ0) is 16.5. The number of halogens is 2. The summed E-state index contributed by atoms with van der Waals surface area (Å²) in [7, 11) is 0. The second-order valence-corrected chi connectivity index (χ2v) is 5.73. The summed E-state index contributed by atoms with van der Waals surface area (Å²) >= 11 is 11.9. The molecule has 7 heteroatoms. The molecule has 3 N–H and O–H groups in total. The molecule has 0 spiro atoms. The lowest BCUT2D eigenvalue weighted by molar-refractivity contribution is -0.120. The van der Waals surface area contributed by atoms with Gasteiger partial charge in [0.15, 0.2) is 0 Å². The van der Waals surface area contributed by atoms with Gasteiger partial charge in [-0.1, -0.05) is 36.2 Å². The molecule has 0 aliphatic heterocycles. The van der Waals surface area contributed by atoms with Crippen LogP contribution in [-0.4, -0.2) is 25.0 Å². The normalized spacial score (nSPS) is 11.6. The summed E-state index contributed by atoms with van der Waals surface area (Å²) < 4.78 is 0. The molecule has 0 saturated carbocycles. The molecule has 5 nitrogen and oxygen atoms in total. The van der Waals surface area contributed by atoms with Crippen LogP contribution in [0.3, 0.4) is 0 Å². The van der Waals surface area contributed by atoms with Crippen LogP contribution in [0.1, 0.15) is 38.3 Å². The average Bonchev–Trinajstić information content (AvgIpc) is 2.44. The van der Waals surface area contributed by atoms with Crippen LogP contribution >= 0.6 is 23.2 Å². The fourth-order valence-corrected chi connectivity index (χ4v) is 2.39. The van der Waals surface area contributed by atoms with E-state index in [2.05, 4.69) is 16.0 Å². The van der Waals surface area contributed by atoms with Crippen LogP contribution in [0.2, 0.25) is 10.0 Å². The van der Waals surface area contributed by atoms with E-state index in [1.807, 2.05) is 13.8 Å². The van der Waals surface area contributed by atoms with Gasteiger partial charge in [0.2, 0.25) is 5.91 Å². The molecule has 0 radical (unpaired) electrons. The Hall–Kier alpha value is -1.46. The van der Waals surface area contributed by atoms with Crippen molar-refractivity contribution >= 4 is 35.1 Å². The molecule has 1 atom stereocenters. The summed E-state index contributed by atoms with van der Waals surface area (Å²) in [5.74, 6) is -0.0732. The van der Waals surface area contributed by atoms with Crippen molar-refractivity contribution in [2.75, 3.05) is 13.1 Å². The molecule has 3 amide bonds. The quantitative estimate of drug-likeness (QED) is 0.709. The van der Waals surface area contributed by atoms with Gasteiger partial charge in [-0.2, -0.15) is 0 Å². The van der Waals surface area contributed by atoms with Crippen molar-refractivity contribution in [1.82, 2.24) is 16.0 Å². The summed E-state index contributed by atoms with van der Waals surface area (Å²) in [6.07, 6.45) is 1.14. The summed E-state index contributed by atoms with van der Waals surface area (Å²) in [5.41, 5.74) is 0.780. The predicted octanol–water partition coefficient (Wildman–Crippen LogP) is 3.27. The molecule has 1 rings (SSSR count). The largest absolute Gasteiger partial charge is 0.356 e. The molecule has 0 bridgehead atoms. The van der Waals surface area contributed by atoms with Crippen LogP contribution in [0.15, 0.2) is 18.2 Å². The highest BCUT2D eigenvalue weighted by Crippen LogP contribution is 2.25. The van der Waals surface area contributed by atoms with Gasteiger partial charge in [-0.3, -0.25) is 4.79 Å². The fourth-order valence-electron chi connectivity index (χ4n) is 1.82. The molecule has 0 fully saturated rings. The minimum Gasteiger partial charge on any atom is -0.356 e. The monoisotopic (exact) mass is 345 g/mol. The van der Waals surface area contributed by atoms with Gasteiger partial charge in [0.05, 0.1) is 6.04 Å². The van der Waals surface area contributed by atoms with Gasteiger partial charge in [-0.15, -0.1) is 0 Å². The smallest absolute Gasteiger partial charge is 0.315 e. The van der Waals surface area contributed by atoms with E-state index in [1.54, 1.807) is 18.2 Å². The van der Waals surface area contributed by atoms with Gasteiger partial charge in [-0.25, -0.2) is 4.79 Å². The Morgan fingerprint density at radius 3 is 2.55 bits per heavy atom. The standard InChI is InChI=1S/C15H21Cl2N3O2/c1-3-7-18-14(21)6-8-19-15(22)20-10(2)12-5-4-11(16)9-13(12)17/h4-5,9-10H,3,6-8H2,1-2H3,(H,18,21)(H2,19,20,22). The minimum absolute atomic E-state index is 0.0732. The Morgan fingerprint density at radius 2 is 1.91 bits per heavy atom. The minimum atomic E-state index is -0.346. The average molecular weight is 346 g/mol. The van der Waals surface area contributed by atoms with E-state index in [-0.39, 0.29) is 30.9 Å². The predicted molar refractivity (Wildman–Crippen MR) is 89.3 cm³/mol. The Bertz CT molecular complexity index is 524. The molecule has 122 valence electrons. The first-order valence-electron chi connectivity index (χ1n) is 7.20. The number of nitrogens with one attached hydrogen (secondary N) is 3. The molecule has 22 heavy (non-hydrogen) atoms. The molecule has 0 aliphatic rings. The molecule has 1 unspecified atom stereocenters. The van der Waals surface area contributed by atoms with Gasteiger partial charge in [-0.05, 0) is 31.0 Å². The maximum Gasteiger partial charge on any atom is 0.315 e. The van der Waals surface area contributed by atoms with Crippen LogP contribution in [-0.2, 0) is 4.79 Å². The number of urea groups is 1. The van der Waals surface area contributed by atoms with Crippen LogP contribution in [0.25, 0.3) is 0 Å². The number of rotatable bonds is 7. The highest BCUT2D eigenvalue weighted by atomic mass is 35.5. The third-order valence-electron chi connectivity index (χ3n) is 2.99. The zero-order valence-corrected chi connectivity index (χ0v) is 14.2. The van der Waals surface area contributed by atoms with Crippen molar-refractivity contribution in [3.63, 3.8) is 0 Å². The van der Waals surface area contributed by atoms with E-state index >= 15 is 0 Å². The maximum atomic E-state index is 11.8. The molecule has 0 saturated heterocycles. The van der Waals surface area contributed by atoms with Crippen molar-refractivity contribution in [1.29, 1.82) is 0 Å². The maximum absolute atomic E-state index is 11.8. The number of benzene rings is 1. The van der Waals surface area contributed by atoms with Crippen molar-refractivity contribution in [2.24, 2.45) is 0 Å². The molecule has 0 aromatic heterocycles. The molecule has 1 aromatic carbocycles. The lowest BCUT2D eigenvalue weighted by Gasteiger charge is -2.16. The SMILES string of the molecule is CCCNC(=O)CCNC(=O)NC(C)c1ccc(Cl)cc1Cl. The molecule has 0 aliphatic carbocycles. The Kier molecular flexibility index (Phi) is 8.06. The van der Waals surface area contributed by atoms with E-state index < -0.39 is 0 Å². The summed E-state index contributed by atoms with van der Waals surface area (Å²) in [6, 6.07) is 4.51. The number of hydrogen-bond acceptors (Lipinski definition) is 2. The Labute approximate surface area is 140 Å². The second-order valence-electron chi connectivity index (χ2n) is 4.89. The fraction of sp³-hybridized carbons (Fsp3) is 0.467. The van der Waals surface area contributed by atoms with Crippen LogP contribution in [0.4, 0.5) is 4.79 Å². The summed E-state index contributed by atoms with van der Waals surface area (Å²) in [6.45, 7) is 4.73. The molecular weight excluding hydrogens is 325 g/mol. The Balaban J connectivity index is 2.36. The van der Waals surface area contributed by atoms with Crippen molar-refractivity contribution in [3.05, 3.63) is 33.8 Å². The second kappa shape index (κ2) is 9.54. The van der Waals surface area contributed by atoms with Crippen LogP contribution in [0, 0.1) is 0 Å². The van der Waals surface area contributed by atoms with Crippen molar-refractivity contribution in [2.45, 2.75) is 32.7 Å². The van der Waals surface area contributed by atoms with Crippen molar-refractivity contribution < 1.29 is 9.59 Å². The first-order valence-corrected chi connectivity index (χ1v) is 7.95. The third-order valence-corrected chi connectivity index (χ3v) is 3.55. The van der Waals surface area contributed by atoms with Gasteiger partial charge in [0.25, 0.3) is 0 Å². The summed E-state index contributed by atoms with van der Waals surface area (Å²) in [5, 5.41) is 9.19. The number of carbonyl (C=O) groups excluding carboxylic acids is 2. The number of hydrogen-bond donors (Lipinski definition) is 3. The van der Waals surface area contributed by atoms with Crippen LogP contribution in [0.5, 0.6) is 0 Å². The number of amides is 3. The lowest BCUT2D eigenvalue weighted by atomic mass is 10.1. The summed E-state index contributed by atoms with van der Waals surface area (Å²) in [4.78, 5) is 23.2. The highest BCUT2D eigenvalue weighted by Gasteiger charge is 2.13. The lowest BCUT2D eigenvalue weighted by Crippen LogP contribution is -2.39. The van der Waals surface area contributed by atoms with Gasteiger partial charge >= 0.3 is 6.03 Å².